The molecule has 0 aromatic rings. The van der Waals surface area contributed by atoms with E-state index in [4.69, 9.17) is 30.5 Å². The van der Waals surface area contributed by atoms with Crippen molar-refractivity contribution >= 4 is 11.9 Å². The van der Waals surface area contributed by atoms with E-state index in [1.165, 1.54) is 0 Å². The quantitative estimate of drug-likeness (QED) is 0.271. The molecule has 0 aliphatic rings. The monoisotopic (exact) mass is 373 g/mol. The van der Waals surface area contributed by atoms with Gasteiger partial charge in [0, 0.05) is 6.42 Å². The summed E-state index contributed by atoms with van der Waals surface area (Å²) in [7, 11) is 0. The molecule has 0 bridgehead atoms. The van der Waals surface area contributed by atoms with Gasteiger partial charge in [-0.05, 0) is 6.42 Å². The highest BCUT2D eigenvalue weighted by atomic mass is 16.6. The van der Waals surface area contributed by atoms with Crippen LogP contribution in [-0.4, -0.2) is 75.9 Å². The zero-order chi connectivity index (χ0) is 19.5. The fraction of sp³-hybridized carbons (Fsp3) is 0.778. The Morgan fingerprint density at radius 3 is 2.04 bits per heavy atom. The molecule has 0 fully saturated rings. The van der Waals surface area contributed by atoms with Crippen LogP contribution in [0, 0.1) is 12.3 Å². The first-order chi connectivity index (χ1) is 12.6. The molecule has 0 aliphatic heterocycles. The number of nitrogens with one attached hydrogen (secondary N) is 1. The summed E-state index contributed by atoms with van der Waals surface area (Å²) in [6, 6.07) is -0.831. The van der Waals surface area contributed by atoms with Crippen LogP contribution in [0.2, 0.25) is 0 Å². The van der Waals surface area contributed by atoms with E-state index >= 15 is 0 Å². The number of carboxylic acids is 1. The van der Waals surface area contributed by atoms with Gasteiger partial charge in [0.2, 0.25) is 5.91 Å². The van der Waals surface area contributed by atoms with E-state index in [0.29, 0.717) is 46.1 Å². The average molecular weight is 373 g/mol. The Kier molecular flexibility index (Phi) is 17.0. The SMILES string of the molecule is C#CCOCCOCCOCCOCCC(=O)N[C@@H](CCCC)C(=O)O. The Bertz CT molecular complexity index is 409. The zero-order valence-electron chi connectivity index (χ0n) is 15.5. The van der Waals surface area contributed by atoms with Crippen LogP contribution in [0.25, 0.3) is 0 Å². The van der Waals surface area contributed by atoms with E-state index in [2.05, 4.69) is 11.2 Å². The van der Waals surface area contributed by atoms with Crippen molar-refractivity contribution in [3.63, 3.8) is 0 Å². The molecule has 0 heterocycles. The summed E-state index contributed by atoms with van der Waals surface area (Å²) in [6.07, 6.45) is 7.23. The van der Waals surface area contributed by atoms with Crippen molar-refractivity contribution in [2.45, 2.75) is 38.6 Å². The largest absolute Gasteiger partial charge is 0.480 e. The first-order valence-corrected chi connectivity index (χ1v) is 8.88. The molecule has 150 valence electrons. The van der Waals surface area contributed by atoms with Gasteiger partial charge in [-0.3, -0.25) is 4.79 Å². The van der Waals surface area contributed by atoms with Crippen molar-refractivity contribution in [3.8, 4) is 12.3 Å². The summed E-state index contributed by atoms with van der Waals surface area (Å²) in [4.78, 5) is 22.7. The third kappa shape index (κ3) is 15.8. The number of carbonyl (C=O) groups is 2. The molecule has 8 heteroatoms. The Balaban J connectivity index is 3.44. The summed E-state index contributed by atoms with van der Waals surface area (Å²) in [5.74, 6) is 1.03. The van der Waals surface area contributed by atoms with Gasteiger partial charge in [-0.2, -0.15) is 0 Å². The maximum Gasteiger partial charge on any atom is 0.326 e. The minimum absolute atomic E-state index is 0.122. The minimum atomic E-state index is -1.01. The Hall–Kier alpha value is -1.66. The summed E-state index contributed by atoms with van der Waals surface area (Å²) in [5, 5.41) is 11.6. The van der Waals surface area contributed by atoms with Gasteiger partial charge in [0.05, 0.1) is 46.2 Å². The van der Waals surface area contributed by atoms with Crippen LogP contribution in [0.5, 0.6) is 0 Å². The van der Waals surface area contributed by atoms with Gasteiger partial charge >= 0.3 is 5.97 Å². The molecule has 0 spiro atoms. The smallest absolute Gasteiger partial charge is 0.326 e. The van der Waals surface area contributed by atoms with Gasteiger partial charge in [-0.15, -0.1) is 6.42 Å². The number of unbranched alkanes of at least 4 members (excludes halogenated alkanes) is 1. The molecular weight excluding hydrogens is 342 g/mol. The van der Waals surface area contributed by atoms with Gasteiger partial charge in [0.15, 0.2) is 0 Å². The highest BCUT2D eigenvalue weighted by Crippen LogP contribution is 2.01. The number of carboxylic acid groups (broad SMARTS) is 1. The highest BCUT2D eigenvalue weighted by molar-refractivity contribution is 5.83. The second-order valence-electron chi connectivity index (χ2n) is 5.44. The number of hydrogen-bond donors (Lipinski definition) is 2. The molecule has 0 aromatic heterocycles. The number of terminal acetylenes is 1. The van der Waals surface area contributed by atoms with Crippen LogP contribution >= 0.6 is 0 Å². The number of rotatable bonds is 18. The number of aliphatic carboxylic acids is 1. The molecule has 0 aliphatic carbocycles. The second kappa shape index (κ2) is 18.1. The maximum atomic E-state index is 11.7. The molecule has 8 nitrogen and oxygen atoms in total. The number of carbonyl (C=O) groups excluding carboxylic acids is 1. The fourth-order valence-corrected chi connectivity index (χ4v) is 1.89. The first kappa shape index (κ1) is 24.3. The molecule has 0 unspecified atom stereocenters. The van der Waals surface area contributed by atoms with Crippen LogP contribution in [0.4, 0.5) is 0 Å². The predicted molar refractivity (Wildman–Crippen MR) is 95.8 cm³/mol. The van der Waals surface area contributed by atoms with Gasteiger partial charge in [-0.25, -0.2) is 4.79 Å². The van der Waals surface area contributed by atoms with Crippen LogP contribution in [0.15, 0.2) is 0 Å². The number of ether oxygens (including phenoxy) is 4. The van der Waals surface area contributed by atoms with Crippen LogP contribution in [0.1, 0.15) is 32.6 Å². The molecule has 1 atom stereocenters. The topological polar surface area (TPSA) is 103 Å². The van der Waals surface area contributed by atoms with Crippen LogP contribution in [-0.2, 0) is 28.5 Å². The lowest BCUT2D eigenvalue weighted by atomic mass is 10.1. The lowest BCUT2D eigenvalue weighted by Gasteiger charge is -2.14. The van der Waals surface area contributed by atoms with Gasteiger partial charge in [0.25, 0.3) is 0 Å². The van der Waals surface area contributed by atoms with Crippen molar-refractivity contribution < 1.29 is 33.6 Å². The lowest BCUT2D eigenvalue weighted by molar-refractivity contribution is -0.142. The number of hydrogen-bond acceptors (Lipinski definition) is 6. The summed E-state index contributed by atoms with van der Waals surface area (Å²) < 4.78 is 20.9. The summed E-state index contributed by atoms with van der Waals surface area (Å²) in [6.45, 7) is 5.04. The molecule has 26 heavy (non-hydrogen) atoms. The van der Waals surface area contributed by atoms with E-state index in [1.54, 1.807) is 0 Å². The fourth-order valence-electron chi connectivity index (χ4n) is 1.89. The number of amides is 1. The average Bonchev–Trinajstić information content (AvgIpc) is 2.62. The highest BCUT2D eigenvalue weighted by Gasteiger charge is 2.18. The molecule has 0 rings (SSSR count). The van der Waals surface area contributed by atoms with Gasteiger partial charge < -0.3 is 29.4 Å². The second-order valence-corrected chi connectivity index (χ2v) is 5.44. The van der Waals surface area contributed by atoms with E-state index < -0.39 is 12.0 Å². The molecule has 0 radical (unpaired) electrons. The van der Waals surface area contributed by atoms with Crippen molar-refractivity contribution in [1.29, 1.82) is 0 Å². The molecular formula is C18H31NO7. The van der Waals surface area contributed by atoms with E-state index in [9.17, 15) is 9.59 Å². The van der Waals surface area contributed by atoms with Crippen molar-refractivity contribution in [2.75, 3.05) is 52.9 Å². The predicted octanol–water partition coefficient (Wildman–Crippen LogP) is 0.836. The molecule has 0 saturated carbocycles. The van der Waals surface area contributed by atoms with Crippen molar-refractivity contribution in [3.05, 3.63) is 0 Å². The van der Waals surface area contributed by atoms with Gasteiger partial charge in [0.1, 0.15) is 12.6 Å². The maximum absolute atomic E-state index is 11.7. The third-order valence-corrected chi connectivity index (χ3v) is 3.25. The summed E-state index contributed by atoms with van der Waals surface area (Å²) >= 11 is 0. The van der Waals surface area contributed by atoms with Crippen LogP contribution < -0.4 is 5.32 Å². The van der Waals surface area contributed by atoms with Crippen LogP contribution in [0.3, 0.4) is 0 Å². The minimum Gasteiger partial charge on any atom is -0.480 e. The first-order valence-electron chi connectivity index (χ1n) is 8.88. The molecule has 0 aromatic carbocycles. The lowest BCUT2D eigenvalue weighted by Crippen LogP contribution is -2.41. The molecule has 1 amide bonds. The Labute approximate surface area is 155 Å². The summed E-state index contributed by atoms with van der Waals surface area (Å²) in [5.41, 5.74) is 0. The Morgan fingerprint density at radius 1 is 1.00 bits per heavy atom. The van der Waals surface area contributed by atoms with Gasteiger partial charge in [-0.1, -0.05) is 25.7 Å². The van der Waals surface area contributed by atoms with E-state index in [1.807, 2.05) is 6.92 Å². The Morgan fingerprint density at radius 2 is 1.54 bits per heavy atom. The van der Waals surface area contributed by atoms with Crippen molar-refractivity contribution in [1.82, 2.24) is 5.32 Å². The molecule has 2 N–H and O–H groups in total. The van der Waals surface area contributed by atoms with E-state index in [-0.39, 0.29) is 25.5 Å². The van der Waals surface area contributed by atoms with E-state index in [0.717, 1.165) is 12.8 Å². The molecule has 0 saturated heterocycles. The third-order valence-electron chi connectivity index (χ3n) is 3.25. The normalized spacial score (nSPS) is 11.7. The zero-order valence-corrected chi connectivity index (χ0v) is 15.5. The standard InChI is InChI=1S/C18H31NO7/c1-3-5-6-16(18(21)22)19-17(20)7-9-24-11-13-26-15-14-25-12-10-23-8-4-2/h2,16H,3,5-15H2,1H3,(H,19,20)(H,21,22)/t16-/m0/s1. The van der Waals surface area contributed by atoms with Crippen molar-refractivity contribution in [2.24, 2.45) is 0 Å².